The molecule has 0 saturated carbocycles. The second kappa shape index (κ2) is 7.34. The molecule has 0 spiro atoms. The number of nitrogens with zero attached hydrogens (tertiary/aromatic N) is 1. The predicted octanol–water partition coefficient (Wildman–Crippen LogP) is 4.10. The van der Waals surface area contributed by atoms with Crippen molar-refractivity contribution >= 4 is 31.0 Å². The summed E-state index contributed by atoms with van der Waals surface area (Å²) in [4.78, 5) is 3.49. The standard InChI is InChI=1S/C18H15F2NO4S3/c1-11(2)27(22,23)18-17(21-16(26-18)12-6-4-3-5-7-12)28(24,25)13-8-9-14(19)15(20)10-13/h3-11H,1-2H3. The molecule has 5 nitrogen and oxygen atoms in total. The average Bonchev–Trinajstić information content (AvgIpc) is 3.11. The van der Waals surface area contributed by atoms with Crippen LogP contribution < -0.4 is 0 Å². The Hall–Kier alpha value is -2.17. The Kier molecular flexibility index (Phi) is 5.39. The van der Waals surface area contributed by atoms with Gasteiger partial charge in [-0.1, -0.05) is 30.3 Å². The van der Waals surface area contributed by atoms with Gasteiger partial charge in [0.2, 0.25) is 9.84 Å². The van der Waals surface area contributed by atoms with Gasteiger partial charge in [-0.15, -0.1) is 11.3 Å². The summed E-state index contributed by atoms with van der Waals surface area (Å²) in [5, 5.41) is -1.38. The molecular weight excluding hydrogens is 428 g/mol. The first kappa shape index (κ1) is 20.6. The zero-order valence-corrected chi connectivity index (χ0v) is 17.2. The highest BCUT2D eigenvalue weighted by Gasteiger charge is 2.35. The van der Waals surface area contributed by atoms with Crippen molar-refractivity contribution in [2.75, 3.05) is 0 Å². The first-order valence-electron chi connectivity index (χ1n) is 8.05. The van der Waals surface area contributed by atoms with Crippen LogP contribution in [0.2, 0.25) is 0 Å². The number of hydrogen-bond donors (Lipinski definition) is 0. The third-order valence-corrected chi connectivity index (χ3v) is 9.66. The molecule has 3 rings (SSSR count). The summed E-state index contributed by atoms with van der Waals surface area (Å²) < 4.78 is 77.9. The summed E-state index contributed by atoms with van der Waals surface area (Å²) in [7, 11) is -8.49. The summed E-state index contributed by atoms with van der Waals surface area (Å²) in [6.45, 7) is 2.84. The molecule has 0 N–H and O–H groups in total. The molecule has 0 bridgehead atoms. The van der Waals surface area contributed by atoms with Crippen LogP contribution in [0.4, 0.5) is 8.78 Å². The van der Waals surface area contributed by atoms with Gasteiger partial charge in [0, 0.05) is 5.56 Å². The number of halogens is 2. The molecule has 2 aromatic carbocycles. The molecule has 1 heterocycles. The summed E-state index contributed by atoms with van der Waals surface area (Å²) in [5.41, 5.74) is 0.541. The van der Waals surface area contributed by atoms with E-state index in [2.05, 4.69) is 4.98 Å². The highest BCUT2D eigenvalue weighted by molar-refractivity contribution is 7.96. The molecule has 0 aliphatic heterocycles. The van der Waals surface area contributed by atoms with Crippen LogP contribution in [0.15, 0.2) is 62.7 Å². The lowest BCUT2D eigenvalue weighted by molar-refractivity contribution is 0.504. The van der Waals surface area contributed by atoms with Crippen LogP contribution in [0.25, 0.3) is 10.6 Å². The van der Waals surface area contributed by atoms with E-state index in [0.717, 1.165) is 17.4 Å². The number of sulfone groups is 2. The number of thiazole rings is 1. The molecule has 10 heteroatoms. The normalized spacial score (nSPS) is 12.5. The van der Waals surface area contributed by atoms with E-state index in [0.29, 0.717) is 17.7 Å². The van der Waals surface area contributed by atoms with Crippen molar-refractivity contribution in [1.82, 2.24) is 4.98 Å². The number of aromatic nitrogens is 1. The van der Waals surface area contributed by atoms with E-state index in [1.165, 1.54) is 13.8 Å². The minimum absolute atomic E-state index is 0.195. The van der Waals surface area contributed by atoms with Crippen molar-refractivity contribution in [3.05, 3.63) is 60.2 Å². The smallest absolute Gasteiger partial charge is 0.223 e. The van der Waals surface area contributed by atoms with E-state index in [1.807, 2.05) is 0 Å². The number of rotatable bonds is 5. The minimum atomic E-state index is -4.50. The van der Waals surface area contributed by atoms with Crippen LogP contribution in [0, 0.1) is 11.6 Å². The highest BCUT2D eigenvalue weighted by Crippen LogP contribution is 2.38. The number of benzene rings is 2. The first-order chi connectivity index (χ1) is 13.0. The lowest BCUT2D eigenvalue weighted by atomic mass is 10.2. The fraction of sp³-hybridized carbons (Fsp3) is 0.167. The van der Waals surface area contributed by atoms with Gasteiger partial charge in [-0.05, 0) is 32.0 Å². The van der Waals surface area contributed by atoms with Crippen molar-refractivity contribution in [2.24, 2.45) is 0 Å². The van der Waals surface area contributed by atoms with E-state index >= 15 is 0 Å². The van der Waals surface area contributed by atoms with Crippen LogP contribution >= 0.6 is 11.3 Å². The van der Waals surface area contributed by atoms with Crippen LogP contribution in [0.5, 0.6) is 0 Å². The van der Waals surface area contributed by atoms with Gasteiger partial charge in [-0.25, -0.2) is 30.6 Å². The van der Waals surface area contributed by atoms with Gasteiger partial charge in [0.15, 0.2) is 30.7 Å². The Bertz CT molecular complexity index is 1240. The molecule has 0 atom stereocenters. The van der Waals surface area contributed by atoms with Crippen LogP contribution in [0.1, 0.15) is 13.8 Å². The molecule has 0 fully saturated rings. The molecule has 1 aromatic heterocycles. The first-order valence-corrected chi connectivity index (χ1v) is 11.9. The molecule has 0 radical (unpaired) electrons. The van der Waals surface area contributed by atoms with Gasteiger partial charge >= 0.3 is 0 Å². The monoisotopic (exact) mass is 443 g/mol. The zero-order valence-electron chi connectivity index (χ0n) is 14.8. The molecule has 0 aliphatic rings. The maximum atomic E-state index is 13.6. The van der Waals surface area contributed by atoms with Crippen LogP contribution in [-0.4, -0.2) is 27.1 Å². The van der Waals surface area contributed by atoms with E-state index in [-0.39, 0.29) is 5.01 Å². The van der Waals surface area contributed by atoms with E-state index < -0.39 is 50.7 Å². The topological polar surface area (TPSA) is 81.2 Å². The Morgan fingerprint density at radius 3 is 2.14 bits per heavy atom. The molecule has 0 unspecified atom stereocenters. The molecule has 148 valence electrons. The lowest BCUT2D eigenvalue weighted by Crippen LogP contribution is -2.16. The highest BCUT2D eigenvalue weighted by atomic mass is 32.2. The van der Waals surface area contributed by atoms with Crippen molar-refractivity contribution < 1.29 is 25.6 Å². The van der Waals surface area contributed by atoms with Gasteiger partial charge in [0.1, 0.15) is 5.01 Å². The van der Waals surface area contributed by atoms with Crippen LogP contribution in [0.3, 0.4) is 0 Å². The summed E-state index contributed by atoms with van der Waals surface area (Å²) in [6.07, 6.45) is 0. The largest absolute Gasteiger partial charge is 0.226 e. The van der Waals surface area contributed by atoms with Gasteiger partial charge in [-0.2, -0.15) is 0 Å². The Labute approximate surface area is 165 Å². The third kappa shape index (κ3) is 3.59. The summed E-state index contributed by atoms with van der Waals surface area (Å²) in [6, 6.07) is 10.6. The van der Waals surface area contributed by atoms with Gasteiger partial charge in [0.05, 0.1) is 10.1 Å². The Morgan fingerprint density at radius 2 is 1.57 bits per heavy atom. The van der Waals surface area contributed by atoms with Gasteiger partial charge in [0.25, 0.3) is 0 Å². The Balaban J connectivity index is 2.29. The maximum absolute atomic E-state index is 13.6. The number of hydrogen-bond acceptors (Lipinski definition) is 6. The quantitative estimate of drug-likeness (QED) is 0.555. The second-order valence-corrected chi connectivity index (χ2v) is 11.7. The molecular formula is C18H15F2NO4S3. The van der Waals surface area contributed by atoms with E-state index in [1.54, 1.807) is 30.3 Å². The van der Waals surface area contributed by atoms with Crippen LogP contribution in [-0.2, 0) is 19.7 Å². The van der Waals surface area contributed by atoms with Crippen molar-refractivity contribution in [3.63, 3.8) is 0 Å². The lowest BCUT2D eigenvalue weighted by Gasteiger charge is -2.08. The predicted molar refractivity (Wildman–Crippen MR) is 102 cm³/mol. The third-order valence-electron chi connectivity index (χ3n) is 3.92. The van der Waals surface area contributed by atoms with Gasteiger partial charge < -0.3 is 0 Å². The molecule has 0 amide bonds. The average molecular weight is 444 g/mol. The second-order valence-electron chi connectivity index (χ2n) is 6.15. The van der Waals surface area contributed by atoms with Crippen molar-refractivity contribution in [2.45, 2.75) is 33.2 Å². The Morgan fingerprint density at radius 1 is 0.929 bits per heavy atom. The molecule has 0 aliphatic carbocycles. The van der Waals surface area contributed by atoms with E-state index in [4.69, 9.17) is 0 Å². The maximum Gasteiger partial charge on any atom is 0.226 e. The zero-order chi connectivity index (χ0) is 20.7. The molecule has 28 heavy (non-hydrogen) atoms. The van der Waals surface area contributed by atoms with Gasteiger partial charge in [-0.3, -0.25) is 0 Å². The SMILES string of the molecule is CC(C)S(=O)(=O)c1sc(-c2ccccc2)nc1S(=O)(=O)c1ccc(F)c(F)c1. The fourth-order valence-corrected chi connectivity index (χ4v) is 7.36. The van der Waals surface area contributed by atoms with Crippen molar-refractivity contribution in [3.8, 4) is 10.6 Å². The van der Waals surface area contributed by atoms with E-state index in [9.17, 15) is 25.6 Å². The summed E-state index contributed by atoms with van der Waals surface area (Å²) in [5.74, 6) is -2.56. The minimum Gasteiger partial charge on any atom is -0.223 e. The molecule has 3 aromatic rings. The fourth-order valence-electron chi connectivity index (χ4n) is 2.32. The molecule has 0 saturated heterocycles. The summed E-state index contributed by atoms with van der Waals surface area (Å²) >= 11 is 0.731. The van der Waals surface area contributed by atoms with Crippen molar-refractivity contribution in [1.29, 1.82) is 0 Å².